The van der Waals surface area contributed by atoms with Crippen LogP contribution in [0.2, 0.25) is 0 Å². The van der Waals surface area contributed by atoms with Gasteiger partial charge in [0.2, 0.25) is 0 Å². The monoisotopic (exact) mass is 277 g/mol. The molecule has 0 aromatic carbocycles. The predicted molar refractivity (Wildman–Crippen MR) is 71.6 cm³/mol. The number of rotatable bonds is 3. The highest BCUT2D eigenvalue weighted by molar-refractivity contribution is 6.02. The van der Waals surface area contributed by atoms with E-state index in [0.717, 1.165) is 12.8 Å². The molecule has 1 amide bonds. The first-order valence-electron chi connectivity index (χ1n) is 7.26. The molecule has 6 heteroatoms. The highest BCUT2D eigenvalue weighted by Gasteiger charge is 2.37. The first kappa shape index (κ1) is 13.1. The zero-order chi connectivity index (χ0) is 14.1. The van der Waals surface area contributed by atoms with Gasteiger partial charge in [0.15, 0.2) is 11.4 Å². The van der Waals surface area contributed by atoms with E-state index >= 15 is 0 Å². The summed E-state index contributed by atoms with van der Waals surface area (Å²) < 4.78 is 0. The third-order valence-corrected chi connectivity index (χ3v) is 4.56. The molecule has 108 valence electrons. The Balaban J connectivity index is 1.81. The highest BCUT2D eigenvalue weighted by Crippen LogP contribution is 2.36. The first-order valence-corrected chi connectivity index (χ1v) is 7.26. The van der Waals surface area contributed by atoms with Crippen LogP contribution in [0, 0.1) is 5.92 Å². The van der Waals surface area contributed by atoms with Crippen LogP contribution >= 0.6 is 0 Å². The summed E-state index contributed by atoms with van der Waals surface area (Å²) in [6.07, 6.45) is 8.15. The van der Waals surface area contributed by atoms with Crippen LogP contribution in [0.25, 0.3) is 0 Å². The summed E-state index contributed by atoms with van der Waals surface area (Å²) in [7, 11) is 0. The van der Waals surface area contributed by atoms with Gasteiger partial charge in [0.25, 0.3) is 5.91 Å². The topological polar surface area (TPSA) is 86.3 Å². The Labute approximate surface area is 117 Å². The molecule has 2 heterocycles. The van der Waals surface area contributed by atoms with Crippen LogP contribution in [0.15, 0.2) is 6.33 Å². The third-order valence-electron chi connectivity index (χ3n) is 4.56. The van der Waals surface area contributed by atoms with Gasteiger partial charge in [0.1, 0.15) is 0 Å². The van der Waals surface area contributed by atoms with Gasteiger partial charge in [-0.1, -0.05) is 12.8 Å². The van der Waals surface area contributed by atoms with Crippen molar-refractivity contribution in [3.05, 3.63) is 17.7 Å². The van der Waals surface area contributed by atoms with Crippen LogP contribution in [0.1, 0.15) is 59.5 Å². The number of H-pyrrole nitrogens is 1. The van der Waals surface area contributed by atoms with Crippen LogP contribution in [0.3, 0.4) is 0 Å². The summed E-state index contributed by atoms with van der Waals surface area (Å²) in [6, 6.07) is 0.267. The minimum absolute atomic E-state index is 0.0439. The van der Waals surface area contributed by atoms with Gasteiger partial charge in [-0.3, -0.25) is 4.79 Å². The Hall–Kier alpha value is -1.85. The zero-order valence-electron chi connectivity index (χ0n) is 11.3. The molecule has 20 heavy (non-hydrogen) atoms. The fourth-order valence-electron chi connectivity index (χ4n) is 3.63. The molecule has 1 aliphatic heterocycles. The molecule has 2 fully saturated rings. The number of carbonyl (C=O) groups is 2. The average Bonchev–Trinajstić information content (AvgIpc) is 3.17. The lowest BCUT2D eigenvalue weighted by molar-refractivity contribution is 0.0643. The summed E-state index contributed by atoms with van der Waals surface area (Å²) >= 11 is 0. The van der Waals surface area contributed by atoms with Crippen molar-refractivity contribution < 1.29 is 14.7 Å². The van der Waals surface area contributed by atoms with Crippen LogP contribution in [0.4, 0.5) is 0 Å². The molecule has 2 N–H and O–H groups in total. The highest BCUT2D eigenvalue weighted by atomic mass is 16.4. The minimum Gasteiger partial charge on any atom is -0.477 e. The number of likely N-dealkylation sites (tertiary alicyclic amines) is 1. The number of nitrogens with one attached hydrogen (secondary N) is 1. The Kier molecular flexibility index (Phi) is 3.46. The van der Waals surface area contributed by atoms with Crippen LogP contribution in [-0.2, 0) is 0 Å². The Bertz CT molecular complexity index is 519. The van der Waals surface area contributed by atoms with Gasteiger partial charge >= 0.3 is 5.97 Å². The van der Waals surface area contributed by atoms with E-state index in [2.05, 4.69) is 9.97 Å². The standard InChI is InChI=1S/C14H19N3O3/c18-13(11-12(14(19)20)16-8-15-11)17-7-3-6-10(17)9-4-1-2-5-9/h8-10H,1-7H2,(H,15,16)(H,19,20). The molecule has 1 aliphatic carbocycles. The van der Waals surface area contributed by atoms with Gasteiger partial charge in [-0.25, -0.2) is 9.78 Å². The normalized spacial score (nSPS) is 23.4. The summed E-state index contributed by atoms with van der Waals surface area (Å²) in [5, 5.41) is 9.08. The van der Waals surface area contributed by atoms with E-state index in [1.807, 2.05) is 4.90 Å². The lowest BCUT2D eigenvalue weighted by Crippen LogP contribution is -2.40. The van der Waals surface area contributed by atoms with Crippen molar-refractivity contribution in [2.45, 2.75) is 44.6 Å². The van der Waals surface area contributed by atoms with Gasteiger partial charge < -0.3 is 15.0 Å². The molecule has 6 nitrogen and oxygen atoms in total. The third kappa shape index (κ3) is 2.19. The maximum absolute atomic E-state index is 12.6. The second kappa shape index (κ2) is 5.26. The molecule has 3 rings (SSSR count). The average molecular weight is 277 g/mol. The lowest BCUT2D eigenvalue weighted by Gasteiger charge is -2.29. The minimum atomic E-state index is -1.14. The molecule has 1 aromatic heterocycles. The fourth-order valence-corrected chi connectivity index (χ4v) is 3.63. The number of aromatic carboxylic acids is 1. The van der Waals surface area contributed by atoms with E-state index in [1.165, 1.54) is 32.0 Å². The van der Waals surface area contributed by atoms with Crippen LogP contribution in [-0.4, -0.2) is 44.4 Å². The second-order valence-corrected chi connectivity index (χ2v) is 5.68. The molecule has 0 radical (unpaired) electrons. The fraction of sp³-hybridized carbons (Fsp3) is 0.643. The van der Waals surface area contributed by atoms with Crippen LogP contribution in [0.5, 0.6) is 0 Å². The Morgan fingerprint density at radius 2 is 2.00 bits per heavy atom. The maximum atomic E-state index is 12.6. The number of carboxylic acids is 1. The molecular weight excluding hydrogens is 258 g/mol. The lowest BCUT2D eigenvalue weighted by atomic mass is 9.96. The van der Waals surface area contributed by atoms with Crippen molar-refractivity contribution in [2.75, 3.05) is 6.54 Å². The van der Waals surface area contributed by atoms with Crippen molar-refractivity contribution in [1.29, 1.82) is 0 Å². The smallest absolute Gasteiger partial charge is 0.354 e. The largest absolute Gasteiger partial charge is 0.477 e. The Morgan fingerprint density at radius 1 is 1.25 bits per heavy atom. The van der Waals surface area contributed by atoms with E-state index < -0.39 is 5.97 Å². The maximum Gasteiger partial charge on any atom is 0.354 e. The number of imidazole rings is 1. The van der Waals surface area contributed by atoms with E-state index in [1.54, 1.807) is 0 Å². The molecule has 1 atom stereocenters. The number of aromatic amines is 1. The van der Waals surface area contributed by atoms with E-state index in [9.17, 15) is 9.59 Å². The molecule has 1 saturated heterocycles. The van der Waals surface area contributed by atoms with Crippen molar-refractivity contribution in [1.82, 2.24) is 14.9 Å². The molecular formula is C14H19N3O3. The number of hydrogen-bond acceptors (Lipinski definition) is 3. The SMILES string of the molecule is O=C(O)c1[nH]cnc1C(=O)N1CCCC1C1CCCC1. The van der Waals surface area contributed by atoms with Crippen molar-refractivity contribution in [3.63, 3.8) is 0 Å². The Morgan fingerprint density at radius 3 is 2.70 bits per heavy atom. The number of aromatic nitrogens is 2. The van der Waals surface area contributed by atoms with Crippen molar-refractivity contribution in [3.8, 4) is 0 Å². The molecule has 1 aromatic rings. The number of nitrogens with zero attached hydrogens (tertiary/aromatic N) is 2. The summed E-state index contributed by atoms with van der Waals surface area (Å²) in [4.78, 5) is 32.0. The predicted octanol–water partition coefficient (Wildman–Crippen LogP) is 1.90. The van der Waals surface area contributed by atoms with Gasteiger partial charge in [-0.2, -0.15) is 0 Å². The van der Waals surface area contributed by atoms with Crippen LogP contribution < -0.4 is 0 Å². The summed E-state index contributed by atoms with van der Waals surface area (Å²) in [6.45, 7) is 0.714. The van der Waals surface area contributed by atoms with E-state index in [-0.39, 0.29) is 23.3 Å². The molecule has 1 unspecified atom stereocenters. The molecule has 0 bridgehead atoms. The van der Waals surface area contributed by atoms with Gasteiger partial charge in [0, 0.05) is 12.6 Å². The number of hydrogen-bond donors (Lipinski definition) is 2. The number of carboxylic acid groups (broad SMARTS) is 1. The summed E-state index contributed by atoms with van der Waals surface area (Å²) in [5.41, 5.74) is -0.0607. The number of carbonyl (C=O) groups excluding carboxylic acids is 1. The van der Waals surface area contributed by atoms with Crippen molar-refractivity contribution in [2.24, 2.45) is 5.92 Å². The first-order chi connectivity index (χ1) is 9.68. The second-order valence-electron chi connectivity index (χ2n) is 5.68. The van der Waals surface area contributed by atoms with Gasteiger partial charge in [0.05, 0.1) is 6.33 Å². The van der Waals surface area contributed by atoms with Gasteiger partial charge in [-0.05, 0) is 31.6 Å². The molecule has 2 aliphatic rings. The van der Waals surface area contributed by atoms with Crippen molar-refractivity contribution >= 4 is 11.9 Å². The number of amides is 1. The quantitative estimate of drug-likeness (QED) is 0.883. The van der Waals surface area contributed by atoms with E-state index in [4.69, 9.17) is 5.11 Å². The molecule has 0 spiro atoms. The zero-order valence-corrected chi connectivity index (χ0v) is 11.3. The van der Waals surface area contributed by atoms with Gasteiger partial charge in [-0.15, -0.1) is 0 Å². The summed E-state index contributed by atoms with van der Waals surface area (Å²) in [5.74, 6) is -0.797. The molecule has 1 saturated carbocycles. The van der Waals surface area contributed by atoms with E-state index in [0.29, 0.717) is 12.5 Å².